The molecular formula is C21H33N5O2. The molecule has 1 unspecified atom stereocenters. The van der Waals surface area contributed by atoms with Gasteiger partial charge in [-0.15, -0.1) is 0 Å². The molecule has 2 aliphatic rings. The lowest BCUT2D eigenvalue weighted by atomic mass is 10.2. The van der Waals surface area contributed by atoms with E-state index in [0.717, 1.165) is 63.9 Å². The molecule has 0 aliphatic carbocycles. The van der Waals surface area contributed by atoms with Crippen molar-refractivity contribution >= 4 is 11.9 Å². The van der Waals surface area contributed by atoms with E-state index in [2.05, 4.69) is 27.4 Å². The van der Waals surface area contributed by atoms with Gasteiger partial charge in [0.15, 0.2) is 5.96 Å². The summed E-state index contributed by atoms with van der Waals surface area (Å²) < 4.78 is 5.47. The number of nitrogens with zero attached hydrogens (tertiary/aromatic N) is 3. The van der Waals surface area contributed by atoms with Gasteiger partial charge in [0.25, 0.3) is 0 Å². The van der Waals surface area contributed by atoms with Crippen LogP contribution in [0.4, 0.5) is 0 Å². The summed E-state index contributed by atoms with van der Waals surface area (Å²) in [6, 6.07) is 10.5. The minimum absolute atomic E-state index is 0.0380. The summed E-state index contributed by atoms with van der Waals surface area (Å²) in [6.45, 7) is 9.70. The third-order valence-corrected chi connectivity index (χ3v) is 5.29. The minimum Gasteiger partial charge on any atom is -0.379 e. The van der Waals surface area contributed by atoms with Crippen LogP contribution in [0, 0.1) is 0 Å². The van der Waals surface area contributed by atoms with Crippen LogP contribution in [0.5, 0.6) is 0 Å². The fraction of sp³-hybridized carbons (Fsp3) is 0.619. The number of amides is 1. The lowest BCUT2D eigenvalue weighted by Gasteiger charge is -2.32. The van der Waals surface area contributed by atoms with Gasteiger partial charge >= 0.3 is 0 Å². The first-order chi connectivity index (χ1) is 13.8. The summed E-state index contributed by atoms with van der Waals surface area (Å²) >= 11 is 0. The van der Waals surface area contributed by atoms with E-state index < -0.39 is 0 Å². The van der Waals surface area contributed by atoms with Crippen LogP contribution in [-0.2, 0) is 16.1 Å². The Hall–Kier alpha value is -2.12. The maximum atomic E-state index is 12.1. The van der Waals surface area contributed by atoms with Crippen LogP contribution in [0.3, 0.4) is 0 Å². The van der Waals surface area contributed by atoms with Crippen LogP contribution in [0.1, 0.15) is 25.3 Å². The van der Waals surface area contributed by atoms with Gasteiger partial charge in [0.2, 0.25) is 5.91 Å². The van der Waals surface area contributed by atoms with Gasteiger partial charge in [0, 0.05) is 51.7 Å². The zero-order chi connectivity index (χ0) is 19.6. The molecule has 28 heavy (non-hydrogen) atoms. The highest BCUT2D eigenvalue weighted by Gasteiger charge is 2.30. The summed E-state index contributed by atoms with van der Waals surface area (Å²) in [5, 5.41) is 6.34. The van der Waals surface area contributed by atoms with Crippen LogP contribution in [0.25, 0.3) is 0 Å². The first-order valence-electron chi connectivity index (χ1n) is 10.4. The molecule has 0 spiro atoms. The van der Waals surface area contributed by atoms with Crippen molar-refractivity contribution in [3.8, 4) is 0 Å². The average Bonchev–Trinajstić information content (AvgIpc) is 3.23. The molecule has 1 atom stereocenters. The molecule has 1 aromatic carbocycles. The van der Waals surface area contributed by atoms with Crippen molar-refractivity contribution in [3.05, 3.63) is 35.9 Å². The van der Waals surface area contributed by atoms with Gasteiger partial charge in [0.1, 0.15) is 0 Å². The van der Waals surface area contributed by atoms with Crippen molar-refractivity contribution in [3.63, 3.8) is 0 Å². The number of rotatable bonds is 7. The molecular weight excluding hydrogens is 354 g/mol. The third-order valence-electron chi connectivity index (χ3n) is 5.29. The van der Waals surface area contributed by atoms with Crippen molar-refractivity contribution in [1.82, 2.24) is 20.4 Å². The number of guanidine groups is 1. The van der Waals surface area contributed by atoms with Crippen LogP contribution in [0.15, 0.2) is 35.3 Å². The van der Waals surface area contributed by atoms with E-state index in [9.17, 15) is 4.79 Å². The number of morpholine rings is 1. The molecule has 2 heterocycles. The van der Waals surface area contributed by atoms with Gasteiger partial charge in [-0.2, -0.15) is 0 Å². The molecule has 1 aromatic rings. The van der Waals surface area contributed by atoms with E-state index in [1.54, 1.807) is 0 Å². The van der Waals surface area contributed by atoms with E-state index in [-0.39, 0.29) is 5.91 Å². The van der Waals surface area contributed by atoms with E-state index in [0.29, 0.717) is 25.6 Å². The smallest absolute Gasteiger partial charge is 0.222 e. The van der Waals surface area contributed by atoms with Crippen molar-refractivity contribution in [1.29, 1.82) is 0 Å². The largest absolute Gasteiger partial charge is 0.379 e. The molecule has 154 valence electrons. The fourth-order valence-corrected chi connectivity index (χ4v) is 3.75. The summed E-state index contributed by atoms with van der Waals surface area (Å²) in [7, 11) is 0. The van der Waals surface area contributed by atoms with Crippen molar-refractivity contribution < 1.29 is 9.53 Å². The number of hydrogen-bond acceptors (Lipinski definition) is 4. The molecule has 0 radical (unpaired) electrons. The number of carbonyl (C=O) groups is 1. The lowest BCUT2D eigenvalue weighted by molar-refractivity contribution is -0.121. The molecule has 3 rings (SSSR count). The molecule has 2 fully saturated rings. The van der Waals surface area contributed by atoms with E-state index in [1.165, 1.54) is 0 Å². The Morgan fingerprint density at radius 1 is 1.18 bits per heavy atom. The Balaban J connectivity index is 1.44. The molecule has 7 heteroatoms. The Bertz CT molecular complexity index is 631. The van der Waals surface area contributed by atoms with Crippen molar-refractivity contribution in [2.45, 2.75) is 32.4 Å². The second kappa shape index (κ2) is 11.0. The molecule has 2 N–H and O–H groups in total. The topological polar surface area (TPSA) is 69.2 Å². The van der Waals surface area contributed by atoms with Crippen LogP contribution < -0.4 is 10.6 Å². The number of ether oxygens (including phenoxy) is 1. The Labute approximate surface area is 168 Å². The molecule has 2 saturated heterocycles. The minimum atomic E-state index is 0.0380. The van der Waals surface area contributed by atoms with Crippen LogP contribution in [0.2, 0.25) is 0 Å². The summed E-state index contributed by atoms with van der Waals surface area (Å²) in [5.41, 5.74) is 1.11. The van der Waals surface area contributed by atoms with Crippen molar-refractivity contribution in [2.75, 3.05) is 52.5 Å². The van der Waals surface area contributed by atoms with Gasteiger partial charge in [0.05, 0.1) is 19.8 Å². The first kappa shape index (κ1) is 20.6. The first-order valence-corrected chi connectivity index (χ1v) is 10.4. The molecule has 0 saturated carbocycles. The second-order valence-corrected chi connectivity index (χ2v) is 7.28. The fourth-order valence-electron chi connectivity index (χ4n) is 3.75. The van der Waals surface area contributed by atoms with Gasteiger partial charge < -0.3 is 20.3 Å². The van der Waals surface area contributed by atoms with E-state index >= 15 is 0 Å². The Kier molecular flexibility index (Phi) is 8.11. The number of hydrogen-bond donors (Lipinski definition) is 2. The van der Waals surface area contributed by atoms with Crippen LogP contribution in [-0.4, -0.2) is 80.2 Å². The quantitative estimate of drug-likeness (QED) is 0.541. The number of aliphatic imine (C=N–C) groups is 1. The zero-order valence-corrected chi connectivity index (χ0v) is 16.9. The number of carbonyl (C=O) groups excluding carboxylic acids is 1. The van der Waals surface area contributed by atoms with Crippen LogP contribution >= 0.6 is 0 Å². The monoisotopic (exact) mass is 387 g/mol. The highest BCUT2D eigenvalue weighted by atomic mass is 16.5. The molecule has 1 amide bonds. The van der Waals surface area contributed by atoms with Gasteiger partial charge in [-0.05, 0) is 18.9 Å². The average molecular weight is 388 g/mol. The Morgan fingerprint density at radius 2 is 1.96 bits per heavy atom. The zero-order valence-electron chi connectivity index (χ0n) is 16.9. The third kappa shape index (κ3) is 6.21. The maximum Gasteiger partial charge on any atom is 0.222 e. The highest BCUT2D eigenvalue weighted by Crippen LogP contribution is 2.17. The normalized spacial score (nSPS) is 21.0. The number of nitrogens with one attached hydrogen (secondary N) is 2. The molecule has 2 aliphatic heterocycles. The summed E-state index contributed by atoms with van der Waals surface area (Å²) in [5.74, 6) is 0.963. The second-order valence-electron chi connectivity index (χ2n) is 7.28. The van der Waals surface area contributed by atoms with E-state index in [1.807, 2.05) is 30.3 Å². The van der Waals surface area contributed by atoms with Gasteiger partial charge in [-0.1, -0.05) is 30.3 Å². The Morgan fingerprint density at radius 3 is 2.71 bits per heavy atom. The summed E-state index contributed by atoms with van der Waals surface area (Å²) in [4.78, 5) is 21.7. The van der Waals surface area contributed by atoms with Gasteiger partial charge in [-0.25, -0.2) is 0 Å². The molecule has 7 nitrogen and oxygen atoms in total. The predicted molar refractivity (Wildman–Crippen MR) is 111 cm³/mol. The lowest BCUT2D eigenvalue weighted by Crippen LogP contribution is -2.46. The SMILES string of the molecule is CCNC(=NCCC(=O)NCc1ccccc1)N1CCC(N2CCOCC2)C1. The summed E-state index contributed by atoms with van der Waals surface area (Å²) in [6.07, 6.45) is 1.56. The molecule has 0 bridgehead atoms. The number of benzene rings is 1. The molecule has 0 aromatic heterocycles. The maximum absolute atomic E-state index is 12.1. The van der Waals surface area contributed by atoms with Crippen molar-refractivity contribution in [2.24, 2.45) is 4.99 Å². The standard InChI is InChI=1S/C21H33N5O2/c1-2-22-21(26-11-9-19(17-26)25-12-14-28-15-13-25)23-10-8-20(27)24-16-18-6-4-3-5-7-18/h3-7,19H,2,8-17H2,1H3,(H,22,23)(H,24,27). The number of likely N-dealkylation sites (tertiary alicyclic amines) is 1. The predicted octanol–water partition coefficient (Wildman–Crippen LogP) is 1.06. The highest BCUT2D eigenvalue weighted by molar-refractivity contribution is 5.81. The van der Waals surface area contributed by atoms with E-state index in [4.69, 9.17) is 9.73 Å². The van der Waals surface area contributed by atoms with Gasteiger partial charge in [-0.3, -0.25) is 14.7 Å².